The minimum atomic E-state index is -0.643. The zero-order valence-electron chi connectivity index (χ0n) is 15.2. The van der Waals surface area contributed by atoms with Gasteiger partial charge in [0.1, 0.15) is 41.1 Å². The van der Waals surface area contributed by atoms with Crippen LogP contribution in [0.2, 0.25) is 0 Å². The van der Waals surface area contributed by atoms with E-state index in [4.69, 9.17) is 18.6 Å². The summed E-state index contributed by atoms with van der Waals surface area (Å²) in [5.74, 6) is 1.15. The fourth-order valence-electron chi connectivity index (χ4n) is 2.74. The summed E-state index contributed by atoms with van der Waals surface area (Å²) in [5, 5.41) is 9.53. The highest BCUT2D eigenvalue weighted by Crippen LogP contribution is 2.28. The number of nitriles is 1. The molecule has 0 saturated heterocycles. The molecule has 0 fully saturated rings. The van der Waals surface area contributed by atoms with Crippen molar-refractivity contribution in [1.29, 1.82) is 5.26 Å². The first-order valence-corrected chi connectivity index (χ1v) is 8.14. The molecule has 1 aromatic carbocycles. The number of rotatable bonds is 6. The highest BCUT2D eigenvalue weighted by molar-refractivity contribution is 5.94. The van der Waals surface area contributed by atoms with Crippen molar-refractivity contribution in [2.75, 3.05) is 14.2 Å². The minimum Gasteiger partial charge on any atom is -0.497 e. The minimum absolute atomic E-state index is 0.0342. The van der Waals surface area contributed by atoms with Crippen molar-refractivity contribution in [2.24, 2.45) is 0 Å². The van der Waals surface area contributed by atoms with E-state index in [2.05, 4.69) is 0 Å². The average molecular weight is 366 g/mol. The fraction of sp³-hybridized carbons (Fsp3) is 0.200. The van der Waals surface area contributed by atoms with E-state index in [0.29, 0.717) is 22.8 Å². The van der Waals surface area contributed by atoms with E-state index in [9.17, 15) is 10.1 Å². The van der Waals surface area contributed by atoms with Crippen LogP contribution in [0.1, 0.15) is 27.2 Å². The van der Waals surface area contributed by atoms with E-state index in [-0.39, 0.29) is 23.6 Å². The second-order valence-corrected chi connectivity index (χ2v) is 5.67. The Bertz CT molecular complexity index is 996. The zero-order valence-corrected chi connectivity index (χ0v) is 15.2. The van der Waals surface area contributed by atoms with Crippen molar-refractivity contribution in [1.82, 2.24) is 4.57 Å². The van der Waals surface area contributed by atoms with Crippen LogP contribution >= 0.6 is 0 Å². The van der Waals surface area contributed by atoms with Crippen LogP contribution in [-0.2, 0) is 11.3 Å². The fourth-order valence-corrected chi connectivity index (χ4v) is 2.74. The molecular weight excluding hydrogens is 348 g/mol. The average Bonchev–Trinajstić information content (AvgIpc) is 3.33. The molecule has 0 aliphatic heterocycles. The van der Waals surface area contributed by atoms with Gasteiger partial charge < -0.3 is 18.6 Å². The summed E-state index contributed by atoms with van der Waals surface area (Å²) in [5.41, 5.74) is 0.893. The quantitative estimate of drug-likeness (QED) is 0.619. The van der Waals surface area contributed by atoms with Gasteiger partial charge in [-0.15, -0.1) is 0 Å². The Hall–Kier alpha value is -3.66. The number of methoxy groups -OCH3 is 2. The Kier molecular flexibility index (Phi) is 5.18. The second-order valence-electron chi connectivity index (χ2n) is 5.67. The molecule has 0 amide bonds. The maximum Gasteiger partial charge on any atom is 0.343 e. The van der Waals surface area contributed by atoms with Crippen molar-refractivity contribution < 1.29 is 23.4 Å². The molecule has 2 aromatic heterocycles. The standard InChI is InChI=1S/C20H18N2O5/c1-13-18(16(11-21)19(27-13)22-8-4-5-9-22)20(23)26-12-14-10-15(24-2)6-7-17(14)25-3/h4-10H,12H2,1-3H3. The molecule has 3 rings (SSSR count). The topological polar surface area (TPSA) is 86.6 Å². The van der Waals surface area contributed by atoms with Gasteiger partial charge >= 0.3 is 5.97 Å². The molecule has 0 radical (unpaired) electrons. The van der Waals surface area contributed by atoms with Crippen molar-refractivity contribution in [2.45, 2.75) is 13.5 Å². The van der Waals surface area contributed by atoms with Crippen molar-refractivity contribution in [3.05, 3.63) is 65.2 Å². The van der Waals surface area contributed by atoms with Crippen LogP contribution in [0, 0.1) is 18.3 Å². The Balaban J connectivity index is 1.87. The lowest BCUT2D eigenvalue weighted by Crippen LogP contribution is -2.08. The van der Waals surface area contributed by atoms with Gasteiger partial charge in [0.15, 0.2) is 0 Å². The van der Waals surface area contributed by atoms with E-state index in [1.165, 1.54) is 7.11 Å². The Labute approximate surface area is 156 Å². The Morgan fingerprint density at radius 1 is 1.22 bits per heavy atom. The molecule has 2 heterocycles. The van der Waals surface area contributed by atoms with Crippen LogP contribution in [0.5, 0.6) is 11.5 Å². The summed E-state index contributed by atoms with van der Waals surface area (Å²) < 4.78 is 23.2. The molecule has 7 nitrogen and oxygen atoms in total. The lowest BCUT2D eigenvalue weighted by atomic mass is 10.1. The van der Waals surface area contributed by atoms with E-state index in [1.54, 1.807) is 61.3 Å². The van der Waals surface area contributed by atoms with Gasteiger partial charge in [-0.25, -0.2) is 4.79 Å². The molecule has 0 unspecified atom stereocenters. The highest BCUT2D eigenvalue weighted by atomic mass is 16.5. The molecule has 0 atom stereocenters. The van der Waals surface area contributed by atoms with Crippen LogP contribution in [-0.4, -0.2) is 24.8 Å². The largest absolute Gasteiger partial charge is 0.497 e. The third-order valence-corrected chi connectivity index (χ3v) is 4.07. The summed E-state index contributed by atoms with van der Waals surface area (Å²) in [6, 6.07) is 10.8. The van der Waals surface area contributed by atoms with Crippen molar-refractivity contribution in [3.8, 4) is 23.5 Å². The van der Waals surface area contributed by atoms with Gasteiger partial charge in [0, 0.05) is 18.0 Å². The molecule has 0 N–H and O–H groups in total. The number of carbonyl (C=O) groups excluding carboxylic acids is 1. The summed E-state index contributed by atoms with van der Waals surface area (Å²) in [6.45, 7) is 1.59. The zero-order chi connectivity index (χ0) is 19.4. The maximum absolute atomic E-state index is 12.6. The third kappa shape index (κ3) is 3.51. The van der Waals surface area contributed by atoms with Crippen LogP contribution in [0.15, 0.2) is 47.1 Å². The number of nitrogens with zero attached hydrogens (tertiary/aromatic N) is 2. The SMILES string of the molecule is COc1ccc(OC)c(COC(=O)c2c(C)oc(-n3cccc3)c2C#N)c1. The van der Waals surface area contributed by atoms with E-state index in [0.717, 1.165) is 0 Å². The molecule has 138 valence electrons. The van der Waals surface area contributed by atoms with Crippen LogP contribution < -0.4 is 9.47 Å². The number of aryl methyl sites for hydroxylation is 1. The van der Waals surface area contributed by atoms with E-state index < -0.39 is 5.97 Å². The molecule has 0 aliphatic rings. The monoisotopic (exact) mass is 366 g/mol. The first-order valence-electron chi connectivity index (χ1n) is 8.14. The Morgan fingerprint density at radius 2 is 1.96 bits per heavy atom. The number of furan rings is 1. The van der Waals surface area contributed by atoms with Gasteiger partial charge in [0.2, 0.25) is 5.88 Å². The van der Waals surface area contributed by atoms with Gasteiger partial charge in [0.25, 0.3) is 0 Å². The van der Waals surface area contributed by atoms with E-state index in [1.807, 2.05) is 6.07 Å². The number of carbonyl (C=O) groups is 1. The van der Waals surface area contributed by atoms with Crippen LogP contribution in [0.4, 0.5) is 0 Å². The normalized spacial score (nSPS) is 10.3. The predicted molar refractivity (Wildman–Crippen MR) is 96.2 cm³/mol. The molecule has 0 saturated carbocycles. The van der Waals surface area contributed by atoms with Gasteiger partial charge in [-0.2, -0.15) is 5.26 Å². The third-order valence-electron chi connectivity index (χ3n) is 4.07. The number of benzene rings is 1. The summed E-state index contributed by atoms with van der Waals surface area (Å²) >= 11 is 0. The first kappa shape index (κ1) is 18.1. The molecule has 3 aromatic rings. The van der Waals surface area contributed by atoms with Crippen molar-refractivity contribution in [3.63, 3.8) is 0 Å². The number of hydrogen-bond acceptors (Lipinski definition) is 6. The molecule has 0 aliphatic carbocycles. The van der Waals surface area contributed by atoms with Gasteiger partial charge in [-0.1, -0.05) is 0 Å². The summed E-state index contributed by atoms with van der Waals surface area (Å²) in [4.78, 5) is 12.6. The first-order chi connectivity index (χ1) is 13.1. The van der Waals surface area contributed by atoms with Gasteiger partial charge in [0.05, 0.1) is 14.2 Å². The number of ether oxygens (including phenoxy) is 3. The number of aromatic nitrogens is 1. The van der Waals surface area contributed by atoms with Gasteiger partial charge in [-0.05, 0) is 37.3 Å². The lowest BCUT2D eigenvalue weighted by molar-refractivity contribution is 0.0467. The van der Waals surface area contributed by atoms with Crippen LogP contribution in [0.3, 0.4) is 0 Å². The maximum atomic E-state index is 12.6. The van der Waals surface area contributed by atoms with Crippen molar-refractivity contribution >= 4 is 5.97 Å². The summed E-state index contributed by atoms with van der Waals surface area (Å²) in [7, 11) is 3.08. The smallest absolute Gasteiger partial charge is 0.343 e. The molecule has 0 bridgehead atoms. The Morgan fingerprint density at radius 3 is 2.59 bits per heavy atom. The number of esters is 1. The molecule has 0 spiro atoms. The van der Waals surface area contributed by atoms with Gasteiger partial charge in [-0.3, -0.25) is 4.57 Å². The molecule has 27 heavy (non-hydrogen) atoms. The number of hydrogen-bond donors (Lipinski definition) is 0. The molecular formula is C20H18N2O5. The highest BCUT2D eigenvalue weighted by Gasteiger charge is 2.26. The lowest BCUT2D eigenvalue weighted by Gasteiger charge is -2.11. The molecule has 7 heteroatoms. The second kappa shape index (κ2) is 7.70. The summed E-state index contributed by atoms with van der Waals surface area (Å²) in [6.07, 6.45) is 3.46. The predicted octanol–water partition coefficient (Wildman–Crippen LogP) is 3.62. The van der Waals surface area contributed by atoms with Crippen LogP contribution in [0.25, 0.3) is 5.88 Å². The van der Waals surface area contributed by atoms with E-state index >= 15 is 0 Å².